The van der Waals surface area contributed by atoms with Gasteiger partial charge in [-0.05, 0) is 12.5 Å². The normalized spacial score (nSPS) is 10.3. The van der Waals surface area contributed by atoms with Crippen molar-refractivity contribution in [3.8, 4) is 0 Å². The average molecular weight is 145 g/mol. The monoisotopic (exact) mass is 145 g/mol. The Balaban J connectivity index is 2.91. The van der Waals surface area contributed by atoms with E-state index in [2.05, 4.69) is 15.0 Å². The van der Waals surface area contributed by atoms with Gasteiger partial charge in [0.15, 0.2) is 0 Å². The van der Waals surface area contributed by atoms with Gasteiger partial charge in [0.1, 0.15) is 5.52 Å². The Kier molecular flexibility index (Phi) is 1.28. The molecule has 2 aromatic heterocycles. The lowest BCUT2D eigenvalue weighted by atomic mass is 10.3. The number of fused-ring (bicyclic) bond motifs is 1. The molecule has 0 spiro atoms. The molecule has 2 rings (SSSR count). The largest absolute Gasteiger partial charge is 0.262 e. The van der Waals surface area contributed by atoms with Gasteiger partial charge in [-0.15, -0.1) is 0 Å². The number of pyridine rings is 1. The maximum absolute atomic E-state index is 4.18. The first-order valence-electron chi connectivity index (χ1n) is 3.39. The molecule has 0 aliphatic rings. The number of nitrogens with zero attached hydrogens (tertiary/aromatic N) is 3. The number of rotatable bonds is 0. The van der Waals surface area contributed by atoms with Gasteiger partial charge in [0.2, 0.25) is 0 Å². The third-order valence-electron chi connectivity index (χ3n) is 1.57. The Morgan fingerprint density at radius 2 is 1.91 bits per heavy atom. The van der Waals surface area contributed by atoms with E-state index in [1.54, 1.807) is 24.8 Å². The maximum Gasteiger partial charge on any atom is 0.107 e. The van der Waals surface area contributed by atoms with Gasteiger partial charge >= 0.3 is 0 Å². The molecule has 0 saturated carbocycles. The molecule has 0 aliphatic carbocycles. The minimum atomic E-state index is 0.854. The molecule has 0 amide bonds. The van der Waals surface area contributed by atoms with E-state index in [-0.39, 0.29) is 0 Å². The highest BCUT2D eigenvalue weighted by atomic mass is 14.8. The molecule has 0 aromatic carbocycles. The van der Waals surface area contributed by atoms with Crippen LogP contribution >= 0.6 is 0 Å². The van der Waals surface area contributed by atoms with E-state index in [0.29, 0.717) is 0 Å². The van der Waals surface area contributed by atoms with Crippen LogP contribution < -0.4 is 0 Å². The van der Waals surface area contributed by atoms with Crippen LogP contribution in [-0.4, -0.2) is 15.0 Å². The van der Waals surface area contributed by atoms with Gasteiger partial charge < -0.3 is 0 Å². The van der Waals surface area contributed by atoms with Gasteiger partial charge in [0, 0.05) is 18.6 Å². The van der Waals surface area contributed by atoms with Crippen molar-refractivity contribution in [2.75, 3.05) is 0 Å². The summed E-state index contributed by atoms with van der Waals surface area (Å²) < 4.78 is 0. The van der Waals surface area contributed by atoms with Crippen LogP contribution in [0.3, 0.4) is 0 Å². The van der Waals surface area contributed by atoms with Crippen molar-refractivity contribution >= 4 is 11.0 Å². The zero-order valence-corrected chi connectivity index (χ0v) is 6.15. The molecule has 0 atom stereocenters. The minimum absolute atomic E-state index is 0.854. The molecule has 54 valence electrons. The Morgan fingerprint density at radius 1 is 1.09 bits per heavy atom. The fraction of sp³-hybridized carbons (Fsp3) is 0.125. The van der Waals surface area contributed by atoms with Crippen LogP contribution in [-0.2, 0) is 0 Å². The zero-order chi connectivity index (χ0) is 7.68. The first-order valence-corrected chi connectivity index (χ1v) is 3.39. The number of aromatic nitrogens is 3. The lowest BCUT2D eigenvalue weighted by molar-refractivity contribution is 1.22. The van der Waals surface area contributed by atoms with E-state index in [4.69, 9.17) is 0 Å². The Bertz CT molecular complexity index is 378. The summed E-state index contributed by atoms with van der Waals surface area (Å²) in [6, 6.07) is 0. The van der Waals surface area contributed by atoms with Crippen LogP contribution in [0.2, 0.25) is 0 Å². The van der Waals surface area contributed by atoms with Crippen molar-refractivity contribution in [2.24, 2.45) is 0 Å². The minimum Gasteiger partial charge on any atom is -0.262 e. The molecule has 0 saturated heterocycles. The fourth-order valence-corrected chi connectivity index (χ4v) is 1.03. The summed E-state index contributed by atoms with van der Waals surface area (Å²) in [5.74, 6) is 0. The Labute approximate surface area is 64.1 Å². The predicted molar refractivity (Wildman–Crippen MR) is 42.1 cm³/mol. The van der Waals surface area contributed by atoms with E-state index < -0.39 is 0 Å². The van der Waals surface area contributed by atoms with Gasteiger partial charge in [-0.2, -0.15) is 0 Å². The lowest BCUT2D eigenvalue weighted by Crippen LogP contribution is -1.86. The third-order valence-corrected chi connectivity index (χ3v) is 1.57. The zero-order valence-electron chi connectivity index (χ0n) is 6.15. The van der Waals surface area contributed by atoms with Gasteiger partial charge in [0.25, 0.3) is 0 Å². The highest BCUT2D eigenvalue weighted by Crippen LogP contribution is 2.09. The molecule has 0 fully saturated rings. The second kappa shape index (κ2) is 2.27. The van der Waals surface area contributed by atoms with E-state index in [0.717, 1.165) is 16.6 Å². The third kappa shape index (κ3) is 0.941. The van der Waals surface area contributed by atoms with Crippen molar-refractivity contribution < 1.29 is 0 Å². The number of hydrogen-bond donors (Lipinski definition) is 0. The van der Waals surface area contributed by atoms with E-state index >= 15 is 0 Å². The Hall–Kier alpha value is -1.51. The van der Waals surface area contributed by atoms with Crippen molar-refractivity contribution in [1.29, 1.82) is 0 Å². The quantitative estimate of drug-likeness (QED) is 0.561. The van der Waals surface area contributed by atoms with Crippen molar-refractivity contribution in [3.63, 3.8) is 0 Å². The van der Waals surface area contributed by atoms with Gasteiger partial charge in [0.05, 0.1) is 11.7 Å². The van der Waals surface area contributed by atoms with E-state index in [1.807, 2.05) is 6.92 Å². The number of hydrogen-bond acceptors (Lipinski definition) is 3. The number of aryl methyl sites for hydroxylation is 1. The predicted octanol–water partition coefficient (Wildman–Crippen LogP) is 1.33. The molecule has 11 heavy (non-hydrogen) atoms. The highest BCUT2D eigenvalue weighted by Gasteiger charge is 1.96. The molecule has 2 aromatic rings. The van der Waals surface area contributed by atoms with Crippen LogP contribution in [0.5, 0.6) is 0 Å². The molecular weight excluding hydrogens is 138 g/mol. The smallest absolute Gasteiger partial charge is 0.107 e. The van der Waals surface area contributed by atoms with Crippen LogP contribution in [0.25, 0.3) is 11.0 Å². The summed E-state index contributed by atoms with van der Waals surface area (Å²) in [6.07, 6.45) is 6.87. The van der Waals surface area contributed by atoms with Crippen LogP contribution in [0, 0.1) is 6.92 Å². The van der Waals surface area contributed by atoms with Gasteiger partial charge in [-0.3, -0.25) is 15.0 Å². The van der Waals surface area contributed by atoms with Crippen LogP contribution in [0.4, 0.5) is 0 Å². The SMILES string of the molecule is Cc1cncc2nccnc12. The first kappa shape index (κ1) is 6.22. The molecule has 0 bridgehead atoms. The van der Waals surface area contributed by atoms with E-state index in [1.165, 1.54) is 0 Å². The molecule has 2 heterocycles. The topological polar surface area (TPSA) is 38.7 Å². The van der Waals surface area contributed by atoms with Gasteiger partial charge in [-0.1, -0.05) is 0 Å². The lowest BCUT2D eigenvalue weighted by Gasteiger charge is -1.96. The average Bonchev–Trinajstić information content (AvgIpc) is 2.06. The summed E-state index contributed by atoms with van der Waals surface area (Å²) in [4.78, 5) is 12.3. The van der Waals surface area contributed by atoms with Crippen LogP contribution in [0.15, 0.2) is 24.8 Å². The molecule has 0 N–H and O–H groups in total. The summed E-state index contributed by atoms with van der Waals surface area (Å²) in [7, 11) is 0. The van der Waals surface area contributed by atoms with Crippen molar-refractivity contribution in [1.82, 2.24) is 15.0 Å². The summed E-state index contributed by atoms with van der Waals surface area (Å²) in [5.41, 5.74) is 2.85. The van der Waals surface area contributed by atoms with Gasteiger partial charge in [-0.25, -0.2) is 0 Å². The molecule has 3 heteroatoms. The molecule has 0 aliphatic heterocycles. The summed E-state index contributed by atoms with van der Waals surface area (Å²) in [6.45, 7) is 1.98. The second-order valence-corrected chi connectivity index (χ2v) is 2.38. The molecule has 0 radical (unpaired) electrons. The second-order valence-electron chi connectivity index (χ2n) is 2.38. The molecule has 3 nitrogen and oxygen atoms in total. The maximum atomic E-state index is 4.18. The summed E-state index contributed by atoms with van der Waals surface area (Å²) >= 11 is 0. The van der Waals surface area contributed by atoms with Crippen molar-refractivity contribution in [3.05, 3.63) is 30.4 Å². The standard InChI is InChI=1S/C8H7N3/c1-6-4-9-5-7-8(6)11-3-2-10-7/h2-5H,1H3. The van der Waals surface area contributed by atoms with Crippen molar-refractivity contribution in [2.45, 2.75) is 6.92 Å². The van der Waals surface area contributed by atoms with E-state index in [9.17, 15) is 0 Å². The molecule has 0 unspecified atom stereocenters. The molecular formula is C8H7N3. The Morgan fingerprint density at radius 3 is 2.73 bits per heavy atom. The highest BCUT2D eigenvalue weighted by molar-refractivity contribution is 5.75. The fourth-order valence-electron chi connectivity index (χ4n) is 1.03. The summed E-state index contributed by atoms with van der Waals surface area (Å²) in [5, 5.41) is 0. The first-order chi connectivity index (χ1) is 5.38. The van der Waals surface area contributed by atoms with Crippen LogP contribution in [0.1, 0.15) is 5.56 Å².